The molecule has 0 saturated carbocycles. The Hall–Kier alpha value is -2.49. The van der Waals surface area contributed by atoms with Crippen LogP contribution < -0.4 is 0 Å². The molecule has 2 heterocycles. The van der Waals surface area contributed by atoms with E-state index < -0.39 is 0 Å². The van der Waals surface area contributed by atoms with E-state index in [1.54, 1.807) is 17.4 Å². The largest absolute Gasteiger partial charge is 0.472 e. The molecule has 4 nitrogen and oxygen atoms in total. The molecule has 0 aliphatic heterocycles. The average Bonchev–Trinajstić information content (AvgIpc) is 3.09. The third-order valence-electron chi connectivity index (χ3n) is 3.44. The number of hydrogen-bond acceptors (Lipinski definition) is 2. The van der Waals surface area contributed by atoms with Gasteiger partial charge in [-0.3, -0.25) is 4.79 Å². The maximum absolute atomic E-state index is 12.3. The number of rotatable bonds is 4. The van der Waals surface area contributed by atoms with Gasteiger partial charge in [0.25, 0.3) is 0 Å². The number of amides is 1. The van der Waals surface area contributed by atoms with Crippen LogP contribution in [0.25, 0.3) is 10.9 Å². The van der Waals surface area contributed by atoms with Crippen molar-refractivity contribution in [2.24, 2.45) is 0 Å². The van der Waals surface area contributed by atoms with Crippen molar-refractivity contribution >= 4 is 16.8 Å². The van der Waals surface area contributed by atoms with E-state index in [0.29, 0.717) is 13.0 Å². The number of hydrogen-bond donors (Lipinski definition) is 1. The van der Waals surface area contributed by atoms with Crippen LogP contribution in [0.15, 0.2) is 53.5 Å². The molecule has 0 radical (unpaired) electrons. The predicted octanol–water partition coefficient (Wildman–Crippen LogP) is 2.96. The van der Waals surface area contributed by atoms with Crippen LogP contribution in [0.5, 0.6) is 0 Å². The molecule has 0 saturated heterocycles. The highest BCUT2D eigenvalue weighted by Crippen LogP contribution is 2.18. The van der Waals surface area contributed by atoms with E-state index in [0.717, 1.165) is 22.0 Å². The van der Waals surface area contributed by atoms with Gasteiger partial charge in [-0.15, -0.1) is 0 Å². The fourth-order valence-corrected chi connectivity index (χ4v) is 2.32. The number of carbonyl (C=O) groups excluding carboxylic acids is 1. The van der Waals surface area contributed by atoms with E-state index in [2.05, 4.69) is 4.98 Å². The lowest BCUT2D eigenvalue weighted by molar-refractivity contribution is -0.129. The summed E-state index contributed by atoms with van der Waals surface area (Å²) in [4.78, 5) is 17.2. The Balaban J connectivity index is 1.72. The molecular formula is C16H16N2O2. The number of nitrogens with zero attached hydrogens (tertiary/aromatic N) is 1. The normalized spacial score (nSPS) is 10.8. The number of furan rings is 1. The Morgan fingerprint density at radius 2 is 2.15 bits per heavy atom. The van der Waals surface area contributed by atoms with E-state index in [1.807, 2.05) is 43.6 Å². The molecule has 4 heteroatoms. The molecule has 102 valence electrons. The highest BCUT2D eigenvalue weighted by Gasteiger charge is 2.13. The number of likely N-dealkylation sites (N-methyl/N-ethyl adjacent to an activating group) is 1. The minimum absolute atomic E-state index is 0.0935. The molecule has 0 aliphatic carbocycles. The van der Waals surface area contributed by atoms with Crippen LogP contribution in [0.4, 0.5) is 0 Å². The molecule has 0 bridgehead atoms. The summed E-state index contributed by atoms with van der Waals surface area (Å²) in [5.41, 5.74) is 3.09. The summed E-state index contributed by atoms with van der Waals surface area (Å²) >= 11 is 0. The first-order valence-corrected chi connectivity index (χ1v) is 6.54. The van der Waals surface area contributed by atoms with Crippen LogP contribution in [0, 0.1) is 0 Å². The van der Waals surface area contributed by atoms with Gasteiger partial charge in [0.1, 0.15) is 0 Å². The Morgan fingerprint density at radius 1 is 1.30 bits per heavy atom. The first kappa shape index (κ1) is 12.5. The van der Waals surface area contributed by atoms with Crippen LogP contribution in [0.2, 0.25) is 0 Å². The molecule has 2 aromatic heterocycles. The predicted molar refractivity (Wildman–Crippen MR) is 77.2 cm³/mol. The van der Waals surface area contributed by atoms with Crippen molar-refractivity contribution in [2.45, 2.75) is 13.0 Å². The highest BCUT2D eigenvalue weighted by atomic mass is 16.3. The number of aromatic amines is 1. The summed E-state index contributed by atoms with van der Waals surface area (Å²) < 4.78 is 5.02. The zero-order chi connectivity index (χ0) is 13.9. The van der Waals surface area contributed by atoms with Crippen LogP contribution in [-0.4, -0.2) is 22.8 Å². The molecule has 0 aliphatic rings. The number of fused-ring (bicyclic) bond motifs is 1. The molecule has 1 aromatic carbocycles. The first-order chi connectivity index (χ1) is 9.74. The zero-order valence-corrected chi connectivity index (χ0v) is 11.3. The van der Waals surface area contributed by atoms with E-state index in [9.17, 15) is 4.79 Å². The van der Waals surface area contributed by atoms with Crippen molar-refractivity contribution in [1.29, 1.82) is 0 Å². The number of carbonyl (C=O) groups is 1. The summed E-state index contributed by atoms with van der Waals surface area (Å²) in [6.45, 7) is 0.567. The topological polar surface area (TPSA) is 49.2 Å². The van der Waals surface area contributed by atoms with E-state index in [-0.39, 0.29) is 5.91 Å². The lowest BCUT2D eigenvalue weighted by Crippen LogP contribution is -2.27. The van der Waals surface area contributed by atoms with Gasteiger partial charge in [-0.2, -0.15) is 0 Å². The number of benzene rings is 1. The summed E-state index contributed by atoms with van der Waals surface area (Å²) in [6.07, 6.45) is 5.59. The number of aromatic nitrogens is 1. The first-order valence-electron chi connectivity index (χ1n) is 6.54. The Labute approximate surface area is 117 Å². The van der Waals surface area contributed by atoms with Crippen molar-refractivity contribution in [3.05, 3.63) is 60.2 Å². The maximum atomic E-state index is 12.3. The van der Waals surface area contributed by atoms with Crippen molar-refractivity contribution in [2.75, 3.05) is 7.05 Å². The van der Waals surface area contributed by atoms with Gasteiger partial charge in [-0.25, -0.2) is 0 Å². The molecular weight excluding hydrogens is 252 g/mol. The molecule has 3 rings (SSSR count). The molecule has 0 spiro atoms. The summed E-state index contributed by atoms with van der Waals surface area (Å²) in [6, 6.07) is 9.88. The van der Waals surface area contributed by atoms with Crippen molar-refractivity contribution in [3.63, 3.8) is 0 Å². The lowest BCUT2D eigenvalue weighted by Gasteiger charge is -2.15. The van der Waals surface area contributed by atoms with Gasteiger partial charge >= 0.3 is 0 Å². The van der Waals surface area contributed by atoms with Gasteiger partial charge in [-0.05, 0) is 17.7 Å². The van der Waals surface area contributed by atoms with Crippen LogP contribution in [0.1, 0.15) is 11.1 Å². The minimum Gasteiger partial charge on any atom is -0.472 e. The Kier molecular flexibility index (Phi) is 3.29. The van der Waals surface area contributed by atoms with Gasteiger partial charge in [0.2, 0.25) is 5.91 Å². The lowest BCUT2D eigenvalue weighted by atomic mass is 10.1. The number of nitrogens with one attached hydrogen (secondary N) is 1. The second-order valence-electron chi connectivity index (χ2n) is 4.92. The molecule has 0 atom stereocenters. The Bertz CT molecular complexity index is 713. The SMILES string of the molecule is CN(Cc1ccoc1)C(=O)Cc1c[nH]c2ccccc12. The molecule has 3 aromatic rings. The summed E-state index contributed by atoms with van der Waals surface area (Å²) in [7, 11) is 1.81. The quantitative estimate of drug-likeness (QED) is 0.790. The number of H-pyrrole nitrogens is 1. The average molecular weight is 268 g/mol. The van der Waals surface area contributed by atoms with Gasteiger partial charge in [0.05, 0.1) is 18.9 Å². The third-order valence-corrected chi connectivity index (χ3v) is 3.44. The number of para-hydroxylation sites is 1. The van der Waals surface area contributed by atoms with Crippen molar-refractivity contribution in [3.8, 4) is 0 Å². The fourth-order valence-electron chi connectivity index (χ4n) is 2.32. The van der Waals surface area contributed by atoms with Crippen LogP contribution in [-0.2, 0) is 17.8 Å². The van der Waals surface area contributed by atoms with Crippen molar-refractivity contribution < 1.29 is 9.21 Å². The second-order valence-corrected chi connectivity index (χ2v) is 4.92. The zero-order valence-electron chi connectivity index (χ0n) is 11.3. The smallest absolute Gasteiger partial charge is 0.227 e. The molecule has 1 amide bonds. The van der Waals surface area contributed by atoms with E-state index in [1.165, 1.54) is 0 Å². The second kappa shape index (κ2) is 5.25. The van der Waals surface area contributed by atoms with Crippen LogP contribution >= 0.6 is 0 Å². The standard InChI is InChI=1S/C16H16N2O2/c1-18(10-12-6-7-20-11-12)16(19)8-13-9-17-15-5-3-2-4-14(13)15/h2-7,9,11,17H,8,10H2,1H3. The summed E-state index contributed by atoms with van der Waals surface area (Å²) in [5.74, 6) is 0.0935. The molecule has 1 N–H and O–H groups in total. The van der Waals surface area contributed by atoms with E-state index in [4.69, 9.17) is 4.42 Å². The summed E-state index contributed by atoms with van der Waals surface area (Å²) in [5, 5.41) is 1.11. The van der Waals surface area contributed by atoms with Gasteiger partial charge in [0, 0.05) is 36.3 Å². The van der Waals surface area contributed by atoms with Crippen molar-refractivity contribution in [1.82, 2.24) is 9.88 Å². The van der Waals surface area contributed by atoms with Crippen LogP contribution in [0.3, 0.4) is 0 Å². The minimum atomic E-state index is 0.0935. The molecule has 0 fully saturated rings. The Morgan fingerprint density at radius 3 is 2.95 bits per heavy atom. The fraction of sp³-hybridized carbons (Fsp3) is 0.188. The monoisotopic (exact) mass is 268 g/mol. The maximum Gasteiger partial charge on any atom is 0.227 e. The molecule has 20 heavy (non-hydrogen) atoms. The van der Waals surface area contributed by atoms with Gasteiger partial charge in [-0.1, -0.05) is 18.2 Å². The third kappa shape index (κ3) is 2.45. The van der Waals surface area contributed by atoms with E-state index >= 15 is 0 Å². The van der Waals surface area contributed by atoms with Gasteiger partial charge < -0.3 is 14.3 Å². The molecule has 0 unspecified atom stereocenters. The van der Waals surface area contributed by atoms with Gasteiger partial charge in [0.15, 0.2) is 0 Å². The highest BCUT2D eigenvalue weighted by molar-refractivity contribution is 5.88.